The molecule has 2 aromatic rings. The lowest BCUT2D eigenvalue weighted by molar-refractivity contribution is 0.559. The molecule has 1 saturated carbocycles. The topological polar surface area (TPSA) is 64.8 Å². The summed E-state index contributed by atoms with van der Waals surface area (Å²) in [6.45, 7) is 4.20. The van der Waals surface area contributed by atoms with Gasteiger partial charge in [0, 0.05) is 12.3 Å². The molecule has 1 saturated heterocycles. The van der Waals surface area contributed by atoms with Gasteiger partial charge in [-0.3, -0.25) is 0 Å². The van der Waals surface area contributed by atoms with Crippen LogP contribution in [0, 0.1) is 19.8 Å². The van der Waals surface area contributed by atoms with Crippen molar-refractivity contribution in [2.24, 2.45) is 5.92 Å². The lowest BCUT2D eigenvalue weighted by Gasteiger charge is -2.10. The number of rotatable bonds is 4. The molecule has 0 bridgehead atoms. The van der Waals surface area contributed by atoms with Crippen LogP contribution in [0.25, 0.3) is 5.69 Å². The monoisotopic (exact) mass is 345 g/mol. The van der Waals surface area contributed by atoms with Crippen molar-refractivity contribution in [3.8, 4) is 5.69 Å². The smallest absolute Gasteiger partial charge is 0.154 e. The first-order valence-corrected chi connectivity index (χ1v) is 10.5. The molecule has 6 heteroatoms. The van der Waals surface area contributed by atoms with Crippen LogP contribution in [0.15, 0.2) is 18.2 Å². The first kappa shape index (κ1) is 15.8. The Labute approximate surface area is 143 Å². The quantitative estimate of drug-likeness (QED) is 0.855. The van der Waals surface area contributed by atoms with Crippen molar-refractivity contribution in [1.29, 1.82) is 0 Å². The fourth-order valence-electron chi connectivity index (χ4n) is 3.36. The summed E-state index contributed by atoms with van der Waals surface area (Å²) in [5.74, 6) is 3.07. The fourth-order valence-corrected chi connectivity index (χ4v) is 5.23. The Balaban J connectivity index is 1.68. The van der Waals surface area contributed by atoms with Gasteiger partial charge in [-0.15, -0.1) is 0 Å². The van der Waals surface area contributed by atoms with Gasteiger partial charge in [0.15, 0.2) is 15.7 Å². The van der Waals surface area contributed by atoms with Crippen LogP contribution in [-0.4, -0.2) is 34.7 Å². The van der Waals surface area contributed by atoms with Gasteiger partial charge in [-0.25, -0.2) is 18.1 Å². The van der Waals surface area contributed by atoms with E-state index in [1.807, 2.05) is 4.68 Å². The van der Waals surface area contributed by atoms with Crippen LogP contribution < -0.4 is 0 Å². The van der Waals surface area contributed by atoms with Crippen LogP contribution in [0.4, 0.5) is 0 Å². The number of aromatic nitrogens is 3. The predicted molar refractivity (Wildman–Crippen MR) is 93.3 cm³/mol. The molecule has 1 atom stereocenters. The van der Waals surface area contributed by atoms with E-state index in [0.29, 0.717) is 18.1 Å². The van der Waals surface area contributed by atoms with Crippen LogP contribution in [0.1, 0.15) is 48.0 Å². The molecule has 1 aromatic carbocycles. The van der Waals surface area contributed by atoms with Gasteiger partial charge in [-0.05, 0) is 62.3 Å². The number of aryl methyl sites for hydroxylation is 2. The van der Waals surface area contributed by atoms with Gasteiger partial charge in [0.25, 0.3) is 0 Å². The van der Waals surface area contributed by atoms with Crippen LogP contribution >= 0.6 is 0 Å². The highest BCUT2D eigenvalue weighted by Gasteiger charge is 2.32. The van der Waals surface area contributed by atoms with Crippen LogP contribution in [0.3, 0.4) is 0 Å². The van der Waals surface area contributed by atoms with Crippen LogP contribution in [-0.2, 0) is 16.3 Å². The summed E-state index contributed by atoms with van der Waals surface area (Å²) in [6, 6.07) is 6.31. The summed E-state index contributed by atoms with van der Waals surface area (Å²) in [5.41, 5.74) is 3.50. The van der Waals surface area contributed by atoms with E-state index >= 15 is 0 Å². The molecule has 0 radical (unpaired) electrons. The number of sulfone groups is 1. The molecule has 128 valence electrons. The molecule has 2 heterocycles. The molecule has 0 unspecified atom stereocenters. The van der Waals surface area contributed by atoms with Crippen molar-refractivity contribution in [1.82, 2.24) is 14.8 Å². The maximum atomic E-state index is 11.7. The number of hydrogen-bond acceptors (Lipinski definition) is 4. The zero-order valence-corrected chi connectivity index (χ0v) is 15.0. The molecule has 1 aliphatic carbocycles. The minimum Gasteiger partial charge on any atom is -0.229 e. The van der Waals surface area contributed by atoms with Crippen LogP contribution in [0.2, 0.25) is 0 Å². The van der Waals surface area contributed by atoms with Crippen molar-refractivity contribution in [2.75, 3.05) is 11.5 Å². The molecule has 5 nitrogen and oxygen atoms in total. The minimum atomic E-state index is -2.86. The summed E-state index contributed by atoms with van der Waals surface area (Å²) in [6.07, 6.45) is 3.75. The molecule has 24 heavy (non-hydrogen) atoms. The molecule has 0 spiro atoms. The van der Waals surface area contributed by atoms with E-state index in [4.69, 9.17) is 10.1 Å². The Morgan fingerprint density at radius 3 is 2.58 bits per heavy atom. The lowest BCUT2D eigenvalue weighted by atomic mass is 10.0. The molecule has 2 aliphatic rings. The summed E-state index contributed by atoms with van der Waals surface area (Å²) in [4.78, 5) is 4.77. The molecule has 0 N–H and O–H groups in total. The van der Waals surface area contributed by atoms with Gasteiger partial charge in [-0.1, -0.05) is 6.07 Å². The summed E-state index contributed by atoms with van der Waals surface area (Å²) < 4.78 is 25.4. The number of hydrogen-bond donors (Lipinski definition) is 0. The molecule has 0 amide bonds. The van der Waals surface area contributed by atoms with Gasteiger partial charge >= 0.3 is 0 Å². The van der Waals surface area contributed by atoms with E-state index in [0.717, 1.165) is 36.6 Å². The largest absolute Gasteiger partial charge is 0.229 e. The van der Waals surface area contributed by atoms with Crippen molar-refractivity contribution >= 4 is 9.84 Å². The van der Waals surface area contributed by atoms with E-state index in [9.17, 15) is 8.42 Å². The zero-order valence-electron chi connectivity index (χ0n) is 14.2. The predicted octanol–water partition coefficient (Wildman–Crippen LogP) is 2.74. The Morgan fingerprint density at radius 1 is 1.17 bits per heavy atom. The minimum absolute atomic E-state index is 0.163. The summed E-state index contributed by atoms with van der Waals surface area (Å²) in [7, 11) is -2.86. The van der Waals surface area contributed by atoms with E-state index in [2.05, 4.69) is 32.0 Å². The molecule has 1 aromatic heterocycles. The molecule has 2 fully saturated rings. The molecule has 4 rings (SSSR count). The van der Waals surface area contributed by atoms with Gasteiger partial charge in [-0.2, -0.15) is 5.10 Å². The van der Waals surface area contributed by atoms with Crippen LogP contribution in [0.5, 0.6) is 0 Å². The van der Waals surface area contributed by atoms with Crippen molar-refractivity contribution in [3.05, 3.63) is 41.0 Å². The Bertz CT molecular complexity index is 882. The van der Waals surface area contributed by atoms with E-state index in [-0.39, 0.29) is 11.7 Å². The third-order valence-electron chi connectivity index (χ3n) is 5.17. The van der Waals surface area contributed by atoms with Crippen molar-refractivity contribution in [3.63, 3.8) is 0 Å². The molecular weight excluding hydrogens is 322 g/mol. The zero-order chi connectivity index (χ0) is 16.9. The lowest BCUT2D eigenvalue weighted by Crippen LogP contribution is -2.12. The fraction of sp³-hybridized carbons (Fsp3) is 0.556. The van der Waals surface area contributed by atoms with E-state index < -0.39 is 9.84 Å². The maximum Gasteiger partial charge on any atom is 0.154 e. The summed E-state index contributed by atoms with van der Waals surface area (Å²) >= 11 is 0. The average Bonchev–Trinajstić information content (AvgIpc) is 3.21. The highest BCUT2D eigenvalue weighted by atomic mass is 32.2. The van der Waals surface area contributed by atoms with Gasteiger partial charge in [0.2, 0.25) is 0 Å². The third kappa shape index (κ3) is 3.11. The second-order valence-corrected chi connectivity index (χ2v) is 9.54. The number of nitrogens with zero attached hydrogens (tertiary/aromatic N) is 3. The van der Waals surface area contributed by atoms with Crippen molar-refractivity contribution in [2.45, 2.75) is 45.4 Å². The second kappa shape index (κ2) is 5.69. The molecule has 1 aliphatic heterocycles. The normalized spacial score (nSPS) is 22.8. The average molecular weight is 345 g/mol. The highest BCUT2D eigenvalue weighted by Crippen LogP contribution is 2.38. The standard InChI is InChI=1S/C18H23N3O2S/c1-12-3-6-16(9-13(12)2)21-17(19-18(20-21)15-4-5-15)10-14-7-8-24(22,23)11-14/h3,6,9,14-15H,4-5,7-8,10-11H2,1-2H3/t14-/m0/s1. The van der Waals surface area contributed by atoms with Crippen molar-refractivity contribution < 1.29 is 8.42 Å². The SMILES string of the molecule is Cc1ccc(-n2nc(C3CC3)nc2C[C@@H]2CCS(=O)(=O)C2)cc1C. The number of benzene rings is 1. The second-order valence-electron chi connectivity index (χ2n) is 7.31. The Kier molecular flexibility index (Phi) is 3.75. The molecular formula is C18H23N3O2S. The Hall–Kier alpha value is -1.69. The summed E-state index contributed by atoms with van der Waals surface area (Å²) in [5, 5.41) is 4.75. The maximum absolute atomic E-state index is 11.7. The highest BCUT2D eigenvalue weighted by molar-refractivity contribution is 7.91. The first-order chi connectivity index (χ1) is 11.4. The van der Waals surface area contributed by atoms with Gasteiger partial charge < -0.3 is 0 Å². The van der Waals surface area contributed by atoms with E-state index in [1.165, 1.54) is 11.1 Å². The first-order valence-electron chi connectivity index (χ1n) is 8.65. The van der Waals surface area contributed by atoms with Gasteiger partial charge in [0.1, 0.15) is 5.82 Å². The Morgan fingerprint density at radius 2 is 1.96 bits per heavy atom. The van der Waals surface area contributed by atoms with Gasteiger partial charge in [0.05, 0.1) is 17.2 Å². The van der Waals surface area contributed by atoms with E-state index in [1.54, 1.807) is 0 Å². The third-order valence-corrected chi connectivity index (χ3v) is 7.00.